The molecule has 0 bridgehead atoms. The van der Waals surface area contributed by atoms with Crippen LogP contribution in [0.25, 0.3) is 0 Å². The highest BCUT2D eigenvalue weighted by Crippen LogP contribution is 2.18. The second kappa shape index (κ2) is 6.33. The van der Waals surface area contributed by atoms with Crippen molar-refractivity contribution in [2.45, 2.75) is 51.2 Å². The van der Waals surface area contributed by atoms with Gasteiger partial charge in [0.25, 0.3) is 0 Å². The van der Waals surface area contributed by atoms with E-state index in [1.807, 2.05) is 6.92 Å². The van der Waals surface area contributed by atoms with Crippen molar-refractivity contribution in [2.75, 3.05) is 13.2 Å². The Morgan fingerprint density at radius 1 is 1.20 bits per heavy atom. The summed E-state index contributed by atoms with van der Waals surface area (Å²) in [5.74, 6) is 0. The van der Waals surface area contributed by atoms with E-state index in [1.165, 1.54) is 0 Å². The van der Waals surface area contributed by atoms with Crippen LogP contribution in [0.2, 0.25) is 0 Å². The number of alkyl halides is 3. The van der Waals surface area contributed by atoms with Crippen LogP contribution in [0.1, 0.15) is 39.5 Å². The number of aliphatic hydroxyl groups excluding tert-OH is 1. The van der Waals surface area contributed by atoms with E-state index in [0.717, 1.165) is 19.3 Å². The molecule has 2 nitrogen and oxygen atoms in total. The Labute approximate surface area is 88.9 Å². The van der Waals surface area contributed by atoms with E-state index < -0.39 is 18.3 Å². The van der Waals surface area contributed by atoms with E-state index in [-0.39, 0.29) is 6.61 Å². The standard InChI is InChI=1S/C10H20F3NO/c1-3-4-5-6-9(2,8-15)14-7-10(11,12)13/h14-15H,3-8H2,1-2H3. The van der Waals surface area contributed by atoms with Crippen LogP contribution in [-0.2, 0) is 0 Å². The van der Waals surface area contributed by atoms with Gasteiger partial charge in [0.15, 0.2) is 0 Å². The third kappa shape index (κ3) is 7.62. The Kier molecular flexibility index (Phi) is 6.20. The average molecular weight is 227 g/mol. The average Bonchev–Trinajstić information content (AvgIpc) is 2.14. The van der Waals surface area contributed by atoms with Gasteiger partial charge in [-0.05, 0) is 13.3 Å². The second-order valence-corrected chi connectivity index (χ2v) is 4.14. The largest absolute Gasteiger partial charge is 0.401 e. The smallest absolute Gasteiger partial charge is 0.394 e. The number of unbranched alkanes of at least 4 members (excludes halogenated alkanes) is 2. The molecule has 0 spiro atoms. The lowest BCUT2D eigenvalue weighted by Crippen LogP contribution is -2.49. The molecule has 0 saturated carbocycles. The molecule has 15 heavy (non-hydrogen) atoms. The van der Waals surface area contributed by atoms with Gasteiger partial charge in [0.05, 0.1) is 13.2 Å². The van der Waals surface area contributed by atoms with Gasteiger partial charge >= 0.3 is 6.18 Å². The fraction of sp³-hybridized carbons (Fsp3) is 1.00. The highest BCUT2D eigenvalue weighted by molar-refractivity contribution is 4.83. The van der Waals surface area contributed by atoms with E-state index in [4.69, 9.17) is 5.11 Å². The van der Waals surface area contributed by atoms with Crippen molar-refractivity contribution in [1.82, 2.24) is 5.32 Å². The molecule has 0 aliphatic carbocycles. The van der Waals surface area contributed by atoms with Gasteiger partial charge in [-0.15, -0.1) is 0 Å². The van der Waals surface area contributed by atoms with Crippen LogP contribution in [0.5, 0.6) is 0 Å². The molecular weight excluding hydrogens is 207 g/mol. The molecule has 0 amide bonds. The van der Waals surface area contributed by atoms with Gasteiger partial charge in [-0.25, -0.2) is 0 Å². The van der Waals surface area contributed by atoms with Crippen LogP contribution in [0.15, 0.2) is 0 Å². The maximum Gasteiger partial charge on any atom is 0.401 e. The summed E-state index contributed by atoms with van der Waals surface area (Å²) >= 11 is 0. The van der Waals surface area contributed by atoms with Crippen LogP contribution in [-0.4, -0.2) is 30.0 Å². The SMILES string of the molecule is CCCCCC(C)(CO)NCC(F)(F)F. The molecule has 1 unspecified atom stereocenters. The lowest BCUT2D eigenvalue weighted by Gasteiger charge is -2.29. The molecule has 0 rings (SSSR count). The summed E-state index contributed by atoms with van der Waals surface area (Å²) in [6.07, 6.45) is -0.836. The summed E-state index contributed by atoms with van der Waals surface area (Å²) in [7, 11) is 0. The Balaban J connectivity index is 3.96. The normalized spacial score (nSPS) is 16.4. The maximum absolute atomic E-state index is 12.0. The first-order chi connectivity index (χ1) is 6.83. The number of aliphatic hydroxyl groups is 1. The number of nitrogens with one attached hydrogen (secondary N) is 1. The Morgan fingerprint density at radius 3 is 2.20 bits per heavy atom. The summed E-state index contributed by atoms with van der Waals surface area (Å²) in [5.41, 5.74) is -0.815. The summed E-state index contributed by atoms with van der Waals surface area (Å²) in [4.78, 5) is 0. The zero-order valence-electron chi connectivity index (χ0n) is 9.32. The molecule has 1 atom stereocenters. The topological polar surface area (TPSA) is 32.3 Å². The lowest BCUT2D eigenvalue weighted by molar-refractivity contribution is -0.129. The zero-order chi connectivity index (χ0) is 11.9. The van der Waals surface area contributed by atoms with Crippen LogP contribution in [0, 0.1) is 0 Å². The van der Waals surface area contributed by atoms with Crippen molar-refractivity contribution in [1.29, 1.82) is 0 Å². The minimum Gasteiger partial charge on any atom is -0.394 e. The maximum atomic E-state index is 12.0. The highest BCUT2D eigenvalue weighted by Gasteiger charge is 2.32. The van der Waals surface area contributed by atoms with Gasteiger partial charge < -0.3 is 10.4 Å². The van der Waals surface area contributed by atoms with E-state index in [1.54, 1.807) is 6.92 Å². The third-order valence-corrected chi connectivity index (χ3v) is 2.40. The first-order valence-corrected chi connectivity index (χ1v) is 5.25. The van der Waals surface area contributed by atoms with E-state index >= 15 is 0 Å². The first-order valence-electron chi connectivity index (χ1n) is 5.25. The highest BCUT2D eigenvalue weighted by atomic mass is 19.4. The van der Waals surface area contributed by atoms with Gasteiger partial charge in [0, 0.05) is 5.54 Å². The fourth-order valence-corrected chi connectivity index (χ4v) is 1.30. The summed E-state index contributed by atoms with van der Waals surface area (Å²) in [6.45, 7) is 2.33. The molecule has 0 aromatic carbocycles. The lowest BCUT2D eigenvalue weighted by atomic mass is 9.95. The first kappa shape index (κ1) is 14.7. The third-order valence-electron chi connectivity index (χ3n) is 2.40. The Bertz CT molecular complexity index is 173. The van der Waals surface area contributed by atoms with E-state index in [2.05, 4.69) is 5.32 Å². The summed E-state index contributed by atoms with van der Waals surface area (Å²) in [6, 6.07) is 0. The van der Waals surface area contributed by atoms with Crippen LogP contribution >= 0.6 is 0 Å². The Hall–Kier alpha value is -0.290. The number of hydrogen-bond acceptors (Lipinski definition) is 2. The van der Waals surface area contributed by atoms with Gasteiger partial charge in [-0.3, -0.25) is 0 Å². The number of halogens is 3. The van der Waals surface area contributed by atoms with Crippen molar-refractivity contribution in [2.24, 2.45) is 0 Å². The van der Waals surface area contributed by atoms with Crippen LogP contribution in [0.3, 0.4) is 0 Å². The number of rotatable bonds is 7. The van der Waals surface area contributed by atoms with Crippen LogP contribution in [0.4, 0.5) is 13.2 Å². The molecule has 0 radical (unpaired) electrons. The molecule has 0 aromatic rings. The van der Waals surface area contributed by atoms with Crippen molar-refractivity contribution >= 4 is 0 Å². The summed E-state index contributed by atoms with van der Waals surface area (Å²) < 4.78 is 35.9. The minimum absolute atomic E-state index is 0.271. The molecular formula is C10H20F3NO. The molecule has 0 saturated heterocycles. The minimum atomic E-state index is -4.22. The molecule has 92 valence electrons. The number of hydrogen-bond donors (Lipinski definition) is 2. The molecule has 0 aliphatic rings. The fourth-order valence-electron chi connectivity index (χ4n) is 1.30. The van der Waals surface area contributed by atoms with Gasteiger partial charge in [-0.2, -0.15) is 13.2 Å². The predicted molar refractivity (Wildman–Crippen MR) is 53.7 cm³/mol. The van der Waals surface area contributed by atoms with Crippen molar-refractivity contribution in [3.63, 3.8) is 0 Å². The van der Waals surface area contributed by atoms with E-state index in [9.17, 15) is 13.2 Å². The van der Waals surface area contributed by atoms with Crippen molar-refractivity contribution < 1.29 is 18.3 Å². The zero-order valence-corrected chi connectivity index (χ0v) is 9.32. The molecule has 0 fully saturated rings. The van der Waals surface area contributed by atoms with Crippen molar-refractivity contribution in [3.05, 3.63) is 0 Å². The van der Waals surface area contributed by atoms with Crippen molar-refractivity contribution in [3.8, 4) is 0 Å². The monoisotopic (exact) mass is 227 g/mol. The second-order valence-electron chi connectivity index (χ2n) is 4.14. The predicted octanol–water partition coefficient (Wildman–Crippen LogP) is 2.47. The molecule has 2 N–H and O–H groups in total. The molecule has 0 heterocycles. The Morgan fingerprint density at radius 2 is 1.80 bits per heavy atom. The summed E-state index contributed by atoms with van der Waals surface area (Å²) in [5, 5.41) is 11.4. The van der Waals surface area contributed by atoms with Crippen LogP contribution < -0.4 is 5.32 Å². The van der Waals surface area contributed by atoms with Gasteiger partial charge in [-0.1, -0.05) is 26.2 Å². The quantitative estimate of drug-likeness (QED) is 0.655. The van der Waals surface area contributed by atoms with E-state index in [0.29, 0.717) is 6.42 Å². The molecule has 0 aliphatic heterocycles. The molecule has 5 heteroatoms. The molecule has 0 aromatic heterocycles. The van der Waals surface area contributed by atoms with Gasteiger partial charge in [0.2, 0.25) is 0 Å². The van der Waals surface area contributed by atoms with Gasteiger partial charge in [0.1, 0.15) is 0 Å².